The molecule has 0 atom stereocenters. The van der Waals surface area contributed by atoms with Gasteiger partial charge in [-0.25, -0.2) is 0 Å². The molecule has 0 aliphatic rings. The molecule has 0 aliphatic heterocycles. The summed E-state index contributed by atoms with van der Waals surface area (Å²) in [6.45, 7) is 6.22. The SMILES string of the molecule is CCCCCCCCCCCCCCCCCC(=O)OCCOCCCCCC. The van der Waals surface area contributed by atoms with Gasteiger partial charge in [0.25, 0.3) is 0 Å². The largest absolute Gasteiger partial charge is 0.463 e. The first kappa shape index (κ1) is 28.4. The van der Waals surface area contributed by atoms with Crippen LogP contribution in [0.15, 0.2) is 0 Å². The van der Waals surface area contributed by atoms with Gasteiger partial charge in [0.15, 0.2) is 0 Å². The highest BCUT2D eigenvalue weighted by atomic mass is 16.6. The highest BCUT2D eigenvalue weighted by Crippen LogP contribution is 2.13. The third-order valence-electron chi connectivity index (χ3n) is 5.62. The van der Waals surface area contributed by atoms with Gasteiger partial charge in [0.05, 0.1) is 6.61 Å². The van der Waals surface area contributed by atoms with Crippen molar-refractivity contribution in [1.82, 2.24) is 0 Å². The van der Waals surface area contributed by atoms with Crippen molar-refractivity contribution >= 4 is 5.97 Å². The Morgan fingerprint density at radius 1 is 0.483 bits per heavy atom. The lowest BCUT2D eigenvalue weighted by Gasteiger charge is -2.06. The van der Waals surface area contributed by atoms with Crippen LogP contribution in [0.3, 0.4) is 0 Å². The van der Waals surface area contributed by atoms with Gasteiger partial charge in [-0.1, -0.05) is 123 Å². The molecule has 0 heterocycles. The quantitative estimate of drug-likeness (QED) is 0.118. The summed E-state index contributed by atoms with van der Waals surface area (Å²) in [5.41, 5.74) is 0. The molecule has 0 saturated carbocycles. The zero-order valence-electron chi connectivity index (χ0n) is 20.0. The molecule has 0 saturated heterocycles. The van der Waals surface area contributed by atoms with Crippen LogP contribution < -0.4 is 0 Å². The van der Waals surface area contributed by atoms with Crippen LogP contribution in [0.25, 0.3) is 0 Å². The van der Waals surface area contributed by atoms with Gasteiger partial charge in [0.2, 0.25) is 0 Å². The molecular formula is C26H52O3. The van der Waals surface area contributed by atoms with Gasteiger partial charge in [-0.05, 0) is 12.8 Å². The van der Waals surface area contributed by atoms with E-state index >= 15 is 0 Å². The van der Waals surface area contributed by atoms with Gasteiger partial charge in [-0.2, -0.15) is 0 Å². The lowest BCUT2D eigenvalue weighted by Crippen LogP contribution is -2.10. The zero-order valence-corrected chi connectivity index (χ0v) is 20.0. The van der Waals surface area contributed by atoms with Crippen molar-refractivity contribution in [3.8, 4) is 0 Å². The Labute approximate surface area is 182 Å². The molecule has 0 fully saturated rings. The second kappa shape index (κ2) is 25.5. The Kier molecular flexibility index (Phi) is 25.0. The molecule has 0 amide bonds. The van der Waals surface area contributed by atoms with E-state index in [2.05, 4.69) is 13.8 Å². The van der Waals surface area contributed by atoms with E-state index in [1.807, 2.05) is 0 Å². The molecule has 0 N–H and O–H groups in total. The maximum atomic E-state index is 11.7. The van der Waals surface area contributed by atoms with Crippen LogP contribution in [0.1, 0.15) is 142 Å². The van der Waals surface area contributed by atoms with E-state index < -0.39 is 0 Å². The van der Waals surface area contributed by atoms with Crippen molar-refractivity contribution < 1.29 is 14.3 Å². The molecule has 0 unspecified atom stereocenters. The number of carbonyl (C=O) groups is 1. The van der Waals surface area contributed by atoms with Gasteiger partial charge in [-0.3, -0.25) is 4.79 Å². The first-order valence-electron chi connectivity index (χ1n) is 13.0. The molecule has 0 aromatic rings. The Bertz CT molecular complexity index is 317. The van der Waals surface area contributed by atoms with E-state index in [9.17, 15) is 4.79 Å². The molecule has 0 aliphatic carbocycles. The summed E-state index contributed by atoms with van der Waals surface area (Å²) in [4.78, 5) is 11.7. The molecule has 3 heteroatoms. The lowest BCUT2D eigenvalue weighted by atomic mass is 10.0. The third-order valence-corrected chi connectivity index (χ3v) is 5.62. The summed E-state index contributed by atoms with van der Waals surface area (Å²) in [5, 5.41) is 0. The summed E-state index contributed by atoms with van der Waals surface area (Å²) >= 11 is 0. The molecule has 0 radical (unpaired) electrons. The molecule has 0 bridgehead atoms. The summed E-state index contributed by atoms with van der Waals surface area (Å²) in [6.07, 6.45) is 25.6. The predicted molar refractivity (Wildman–Crippen MR) is 125 cm³/mol. The van der Waals surface area contributed by atoms with E-state index in [0.717, 1.165) is 25.9 Å². The van der Waals surface area contributed by atoms with Gasteiger partial charge in [-0.15, -0.1) is 0 Å². The van der Waals surface area contributed by atoms with Gasteiger partial charge < -0.3 is 9.47 Å². The molecule has 29 heavy (non-hydrogen) atoms. The first-order chi connectivity index (χ1) is 14.3. The number of carbonyl (C=O) groups excluding carboxylic acids is 1. The predicted octanol–water partition coefficient (Wildman–Crippen LogP) is 8.39. The number of hydrogen-bond acceptors (Lipinski definition) is 3. The van der Waals surface area contributed by atoms with Crippen LogP contribution in [0, 0.1) is 0 Å². The molecule has 0 aromatic heterocycles. The highest BCUT2D eigenvalue weighted by Gasteiger charge is 2.02. The second-order valence-corrected chi connectivity index (χ2v) is 8.59. The number of esters is 1. The summed E-state index contributed by atoms with van der Waals surface area (Å²) in [6, 6.07) is 0. The van der Waals surface area contributed by atoms with Crippen LogP contribution in [-0.4, -0.2) is 25.8 Å². The van der Waals surface area contributed by atoms with Crippen molar-refractivity contribution in [3.05, 3.63) is 0 Å². The Morgan fingerprint density at radius 3 is 1.38 bits per heavy atom. The monoisotopic (exact) mass is 412 g/mol. The molecular weight excluding hydrogens is 360 g/mol. The van der Waals surface area contributed by atoms with Gasteiger partial charge >= 0.3 is 5.97 Å². The number of rotatable bonds is 24. The van der Waals surface area contributed by atoms with E-state index in [-0.39, 0.29) is 5.97 Å². The summed E-state index contributed by atoms with van der Waals surface area (Å²) in [5.74, 6) is -0.0609. The number of hydrogen-bond donors (Lipinski definition) is 0. The molecule has 3 nitrogen and oxygen atoms in total. The van der Waals surface area contributed by atoms with Crippen molar-refractivity contribution in [2.75, 3.05) is 19.8 Å². The number of unbranched alkanes of at least 4 members (excludes halogenated alkanes) is 17. The standard InChI is InChI=1S/C26H52O3/c1-3-5-7-9-10-11-12-13-14-15-16-17-18-19-20-22-26(27)29-25-24-28-23-21-8-6-4-2/h3-25H2,1-2H3. The second-order valence-electron chi connectivity index (χ2n) is 8.59. The van der Waals surface area contributed by atoms with Gasteiger partial charge in [0, 0.05) is 13.0 Å². The zero-order chi connectivity index (χ0) is 21.3. The summed E-state index contributed by atoms with van der Waals surface area (Å²) < 4.78 is 10.7. The molecule has 0 rings (SSSR count). The fraction of sp³-hybridized carbons (Fsp3) is 0.962. The minimum atomic E-state index is -0.0609. The van der Waals surface area contributed by atoms with Crippen LogP contribution in [0.2, 0.25) is 0 Å². The maximum absolute atomic E-state index is 11.7. The summed E-state index contributed by atoms with van der Waals surface area (Å²) in [7, 11) is 0. The average molecular weight is 413 g/mol. The van der Waals surface area contributed by atoms with E-state index in [4.69, 9.17) is 9.47 Å². The van der Waals surface area contributed by atoms with Crippen LogP contribution >= 0.6 is 0 Å². The normalized spacial score (nSPS) is 11.1. The van der Waals surface area contributed by atoms with Gasteiger partial charge in [0.1, 0.15) is 6.61 Å². The average Bonchev–Trinajstić information content (AvgIpc) is 2.72. The van der Waals surface area contributed by atoms with E-state index in [1.165, 1.54) is 103 Å². The van der Waals surface area contributed by atoms with E-state index in [0.29, 0.717) is 19.6 Å². The van der Waals surface area contributed by atoms with Crippen molar-refractivity contribution in [1.29, 1.82) is 0 Å². The fourth-order valence-corrected chi connectivity index (χ4v) is 3.66. The number of ether oxygens (including phenoxy) is 2. The lowest BCUT2D eigenvalue weighted by molar-refractivity contribution is -0.145. The molecule has 174 valence electrons. The minimum absolute atomic E-state index is 0.0609. The van der Waals surface area contributed by atoms with Crippen LogP contribution in [-0.2, 0) is 14.3 Å². The first-order valence-corrected chi connectivity index (χ1v) is 13.0. The highest BCUT2D eigenvalue weighted by molar-refractivity contribution is 5.69. The molecule has 0 aromatic carbocycles. The maximum Gasteiger partial charge on any atom is 0.305 e. The van der Waals surface area contributed by atoms with Crippen LogP contribution in [0.4, 0.5) is 0 Å². The Hall–Kier alpha value is -0.570. The van der Waals surface area contributed by atoms with Crippen molar-refractivity contribution in [3.63, 3.8) is 0 Å². The van der Waals surface area contributed by atoms with Crippen molar-refractivity contribution in [2.45, 2.75) is 142 Å². The topological polar surface area (TPSA) is 35.5 Å². The molecule has 0 spiro atoms. The smallest absolute Gasteiger partial charge is 0.305 e. The Morgan fingerprint density at radius 2 is 0.897 bits per heavy atom. The van der Waals surface area contributed by atoms with Crippen LogP contribution in [0.5, 0.6) is 0 Å². The van der Waals surface area contributed by atoms with Crippen molar-refractivity contribution in [2.24, 2.45) is 0 Å². The third kappa shape index (κ3) is 25.4. The Balaban J connectivity index is 3.12. The fourth-order valence-electron chi connectivity index (χ4n) is 3.66. The minimum Gasteiger partial charge on any atom is -0.463 e. The van der Waals surface area contributed by atoms with E-state index in [1.54, 1.807) is 0 Å².